The first-order valence-electron chi connectivity index (χ1n) is 10.7. The lowest BCUT2D eigenvalue weighted by Crippen LogP contribution is -2.56. The third-order valence-electron chi connectivity index (χ3n) is 6.10. The van der Waals surface area contributed by atoms with E-state index >= 15 is 4.39 Å². The first kappa shape index (κ1) is 21.0. The number of fused-ring (bicyclic) bond motifs is 1. The Balaban J connectivity index is 1.44. The van der Waals surface area contributed by atoms with Crippen molar-refractivity contribution in [2.24, 2.45) is 0 Å². The summed E-state index contributed by atoms with van der Waals surface area (Å²) >= 11 is 0. The zero-order valence-electron chi connectivity index (χ0n) is 17.7. The number of halogens is 1. The van der Waals surface area contributed by atoms with Crippen LogP contribution in [0.25, 0.3) is 16.7 Å². The smallest absolute Gasteiger partial charge is 0.262 e. The summed E-state index contributed by atoms with van der Waals surface area (Å²) in [6, 6.07) is 17.8. The fourth-order valence-corrected chi connectivity index (χ4v) is 4.28. The van der Waals surface area contributed by atoms with Crippen LogP contribution < -0.4 is 5.56 Å². The quantitative estimate of drug-likeness (QED) is 0.500. The highest BCUT2D eigenvalue weighted by atomic mass is 19.1. The molecule has 2 N–H and O–H groups in total. The van der Waals surface area contributed by atoms with Gasteiger partial charge in [-0.1, -0.05) is 36.4 Å². The molecule has 1 aliphatic rings. The molecule has 0 aliphatic carbocycles. The highest BCUT2D eigenvalue weighted by Gasteiger charge is 2.44. The molecule has 5 rings (SSSR count). The fraction of sp³-hybridized carbons (Fsp3) is 0.250. The van der Waals surface area contributed by atoms with E-state index in [0.717, 1.165) is 0 Å². The first-order valence-corrected chi connectivity index (χ1v) is 10.7. The summed E-state index contributed by atoms with van der Waals surface area (Å²) in [5.74, 6) is -0.278. The van der Waals surface area contributed by atoms with Gasteiger partial charge in [-0.3, -0.25) is 9.59 Å². The molecule has 1 aliphatic heterocycles. The number of carbonyl (C=O) groups excluding carboxylic acids is 1. The Bertz CT molecular complexity index is 1360. The van der Waals surface area contributed by atoms with E-state index in [1.807, 2.05) is 30.3 Å². The Labute approximate surface area is 188 Å². The normalized spacial score (nSPS) is 20.8. The highest BCUT2D eigenvalue weighted by molar-refractivity contribution is 5.94. The third-order valence-corrected chi connectivity index (χ3v) is 6.10. The van der Waals surface area contributed by atoms with Crippen molar-refractivity contribution in [2.45, 2.75) is 24.6 Å². The van der Waals surface area contributed by atoms with Gasteiger partial charge in [0.1, 0.15) is 17.2 Å². The molecule has 1 amide bonds. The van der Waals surface area contributed by atoms with Crippen LogP contribution in [0, 0.1) is 0 Å². The van der Waals surface area contributed by atoms with Gasteiger partial charge >= 0.3 is 0 Å². The Morgan fingerprint density at radius 3 is 2.55 bits per heavy atom. The minimum absolute atomic E-state index is 0.0184. The van der Waals surface area contributed by atoms with Gasteiger partial charge in [-0.05, 0) is 30.7 Å². The maximum absolute atomic E-state index is 15.3. The standard InChI is InChI=1S/C24H22FN5O3/c25-19-14-29(23(32)16-7-3-1-4-8-16)12-11-24(19,33)13-18-20-21(26-15-27-22(20)31)30(28-18)17-9-5-2-6-10-17/h1-10,15,19,33H,11-14H2,(H,26,27,31)/t19-,24+/m1/s1. The molecule has 3 heterocycles. The number of piperidine rings is 1. The number of rotatable bonds is 4. The molecule has 0 saturated carbocycles. The SMILES string of the molecule is O=C(c1ccccc1)N1CC[C@](O)(Cc2nn(-c3ccccc3)c3nc[nH]c(=O)c23)[C@H](F)C1. The van der Waals surface area contributed by atoms with Gasteiger partial charge in [0.05, 0.1) is 24.3 Å². The molecular weight excluding hydrogens is 425 g/mol. The van der Waals surface area contributed by atoms with Crippen molar-refractivity contribution in [3.63, 3.8) is 0 Å². The number of carbonyl (C=O) groups is 1. The van der Waals surface area contributed by atoms with E-state index < -0.39 is 17.3 Å². The average Bonchev–Trinajstić information content (AvgIpc) is 3.21. The van der Waals surface area contributed by atoms with Gasteiger partial charge in [0.2, 0.25) is 0 Å². The molecule has 2 atom stereocenters. The molecule has 0 unspecified atom stereocenters. The second-order valence-corrected chi connectivity index (χ2v) is 8.24. The monoisotopic (exact) mass is 447 g/mol. The van der Waals surface area contributed by atoms with Gasteiger partial charge in [0, 0.05) is 18.5 Å². The van der Waals surface area contributed by atoms with Gasteiger partial charge in [-0.15, -0.1) is 0 Å². The number of benzene rings is 2. The predicted octanol–water partition coefficient (Wildman–Crippen LogP) is 2.27. The van der Waals surface area contributed by atoms with Gasteiger partial charge in [-0.2, -0.15) is 5.10 Å². The third kappa shape index (κ3) is 3.80. The summed E-state index contributed by atoms with van der Waals surface area (Å²) in [5.41, 5.74) is -0.419. The number of hydrogen-bond donors (Lipinski definition) is 2. The Kier molecular flexibility index (Phi) is 5.26. The van der Waals surface area contributed by atoms with Crippen molar-refractivity contribution in [3.05, 3.63) is 88.6 Å². The first-order chi connectivity index (χ1) is 16.0. The van der Waals surface area contributed by atoms with Gasteiger partial charge in [0.15, 0.2) is 5.65 Å². The van der Waals surface area contributed by atoms with Crippen LogP contribution in [-0.2, 0) is 6.42 Å². The van der Waals surface area contributed by atoms with E-state index in [0.29, 0.717) is 16.9 Å². The van der Waals surface area contributed by atoms with E-state index in [1.54, 1.807) is 30.3 Å². The number of para-hydroxylation sites is 1. The molecule has 9 heteroatoms. The summed E-state index contributed by atoms with van der Waals surface area (Å²) in [4.78, 5) is 33.5. The molecule has 0 radical (unpaired) electrons. The van der Waals surface area contributed by atoms with Crippen molar-refractivity contribution in [3.8, 4) is 5.69 Å². The lowest BCUT2D eigenvalue weighted by atomic mass is 9.84. The number of aliphatic hydroxyl groups is 1. The molecule has 0 bridgehead atoms. The van der Waals surface area contributed by atoms with E-state index in [1.165, 1.54) is 15.9 Å². The average molecular weight is 447 g/mol. The molecule has 4 aromatic rings. The summed E-state index contributed by atoms with van der Waals surface area (Å²) < 4.78 is 16.8. The van der Waals surface area contributed by atoms with Gasteiger partial charge in [0.25, 0.3) is 11.5 Å². The van der Waals surface area contributed by atoms with Crippen LogP contribution in [0.3, 0.4) is 0 Å². The van der Waals surface area contributed by atoms with E-state index in [-0.39, 0.29) is 42.9 Å². The highest BCUT2D eigenvalue weighted by Crippen LogP contribution is 2.31. The molecule has 33 heavy (non-hydrogen) atoms. The maximum atomic E-state index is 15.3. The molecule has 0 spiro atoms. The summed E-state index contributed by atoms with van der Waals surface area (Å²) in [6.07, 6.45) is -0.570. The molecular formula is C24H22FN5O3. The Morgan fingerprint density at radius 1 is 1.15 bits per heavy atom. The Morgan fingerprint density at radius 2 is 1.85 bits per heavy atom. The van der Waals surface area contributed by atoms with Crippen molar-refractivity contribution < 1.29 is 14.3 Å². The van der Waals surface area contributed by atoms with Crippen molar-refractivity contribution in [1.29, 1.82) is 0 Å². The maximum Gasteiger partial charge on any atom is 0.262 e. The number of aromatic nitrogens is 4. The van der Waals surface area contributed by atoms with Crippen LogP contribution >= 0.6 is 0 Å². The molecule has 2 aromatic carbocycles. The largest absolute Gasteiger partial charge is 0.386 e. The van der Waals surface area contributed by atoms with Gasteiger partial charge in [-0.25, -0.2) is 14.1 Å². The second-order valence-electron chi connectivity index (χ2n) is 8.24. The molecule has 1 fully saturated rings. The van der Waals surface area contributed by atoms with Crippen molar-refractivity contribution in [1.82, 2.24) is 24.6 Å². The van der Waals surface area contributed by atoms with Crippen molar-refractivity contribution >= 4 is 16.9 Å². The van der Waals surface area contributed by atoms with Crippen LogP contribution in [0.15, 0.2) is 71.8 Å². The number of aromatic amines is 1. The summed E-state index contributed by atoms with van der Waals surface area (Å²) in [6.45, 7) is -0.0489. The number of nitrogens with zero attached hydrogens (tertiary/aromatic N) is 4. The van der Waals surface area contributed by atoms with Crippen LogP contribution in [-0.4, -0.2) is 60.5 Å². The minimum atomic E-state index is -1.77. The van der Waals surface area contributed by atoms with Crippen LogP contribution in [0.1, 0.15) is 22.5 Å². The van der Waals surface area contributed by atoms with E-state index in [9.17, 15) is 14.7 Å². The number of hydrogen-bond acceptors (Lipinski definition) is 5. The van der Waals surface area contributed by atoms with Crippen LogP contribution in [0.4, 0.5) is 4.39 Å². The fourth-order valence-electron chi connectivity index (χ4n) is 4.28. The summed E-state index contributed by atoms with van der Waals surface area (Å²) in [7, 11) is 0. The van der Waals surface area contributed by atoms with Crippen molar-refractivity contribution in [2.75, 3.05) is 13.1 Å². The zero-order valence-corrected chi connectivity index (χ0v) is 17.7. The van der Waals surface area contributed by atoms with Crippen LogP contribution in [0.2, 0.25) is 0 Å². The van der Waals surface area contributed by atoms with Crippen LogP contribution in [0.5, 0.6) is 0 Å². The second kappa shape index (κ2) is 8.25. The molecule has 8 nitrogen and oxygen atoms in total. The number of alkyl halides is 1. The lowest BCUT2D eigenvalue weighted by Gasteiger charge is -2.40. The molecule has 168 valence electrons. The number of H-pyrrole nitrogens is 1. The van der Waals surface area contributed by atoms with E-state index in [4.69, 9.17) is 0 Å². The topological polar surface area (TPSA) is 104 Å². The molecule has 2 aromatic heterocycles. The Hall–Kier alpha value is -3.85. The zero-order chi connectivity index (χ0) is 23.0. The lowest BCUT2D eigenvalue weighted by molar-refractivity contribution is -0.0776. The number of amides is 1. The summed E-state index contributed by atoms with van der Waals surface area (Å²) in [5, 5.41) is 15.9. The van der Waals surface area contributed by atoms with E-state index in [2.05, 4.69) is 15.1 Å². The van der Waals surface area contributed by atoms with Gasteiger partial charge < -0.3 is 15.0 Å². The number of likely N-dealkylation sites (tertiary alicyclic amines) is 1. The molecule has 1 saturated heterocycles. The number of nitrogens with one attached hydrogen (secondary N) is 1. The predicted molar refractivity (Wildman–Crippen MR) is 120 cm³/mol. The minimum Gasteiger partial charge on any atom is -0.386 e.